The normalized spacial score (nSPS) is 41.0. The minimum atomic E-state index is -0.883. The smallest absolute Gasteiger partial charge is 0.326 e. The van der Waals surface area contributed by atoms with Crippen molar-refractivity contribution in [3.05, 3.63) is 0 Å². The number of carboxylic acid groups (broad SMARTS) is 1. The molecule has 0 aliphatic heterocycles. The first-order chi connectivity index (χ1) is 8.96. The molecule has 1 atom stereocenters. The van der Waals surface area contributed by atoms with Gasteiger partial charge < -0.3 is 10.4 Å². The number of aliphatic carboxylic acids is 1. The Bertz CT molecular complexity index is 369. The lowest BCUT2D eigenvalue weighted by atomic mass is 9.48. The van der Waals surface area contributed by atoms with Gasteiger partial charge >= 0.3 is 5.97 Å². The summed E-state index contributed by atoms with van der Waals surface area (Å²) in [4.78, 5) is 22.5. The van der Waals surface area contributed by atoms with Crippen molar-refractivity contribution < 1.29 is 14.7 Å². The first kappa shape index (κ1) is 12.9. The van der Waals surface area contributed by atoms with Gasteiger partial charge in [-0.15, -0.1) is 0 Å². The standard InChI is InChI=1S/C15H23NO3/c1-9(17)16-13(14(18)19)8-15-5-10-2-11(6-15)4-12(3-10)7-15/h10-13H,2-8H2,1H3,(H,16,17)(H,18,19). The molecule has 4 nitrogen and oxygen atoms in total. The Hall–Kier alpha value is -1.06. The van der Waals surface area contributed by atoms with Crippen LogP contribution in [0.3, 0.4) is 0 Å². The molecule has 0 spiro atoms. The van der Waals surface area contributed by atoms with E-state index in [1.54, 1.807) is 0 Å². The zero-order chi connectivity index (χ0) is 13.6. The van der Waals surface area contributed by atoms with Crippen LogP contribution in [0.25, 0.3) is 0 Å². The van der Waals surface area contributed by atoms with Crippen molar-refractivity contribution in [1.82, 2.24) is 5.32 Å². The van der Waals surface area contributed by atoms with E-state index in [-0.39, 0.29) is 11.3 Å². The molecule has 4 saturated carbocycles. The lowest BCUT2D eigenvalue weighted by molar-refractivity contribution is -0.144. The topological polar surface area (TPSA) is 66.4 Å². The minimum Gasteiger partial charge on any atom is -0.480 e. The summed E-state index contributed by atoms with van der Waals surface area (Å²) >= 11 is 0. The van der Waals surface area contributed by atoms with Crippen LogP contribution in [0.1, 0.15) is 51.9 Å². The van der Waals surface area contributed by atoms with Gasteiger partial charge in [0, 0.05) is 6.92 Å². The number of rotatable bonds is 4. The molecule has 19 heavy (non-hydrogen) atoms. The molecular weight excluding hydrogens is 242 g/mol. The van der Waals surface area contributed by atoms with Crippen LogP contribution in [0, 0.1) is 23.2 Å². The Labute approximate surface area is 113 Å². The predicted molar refractivity (Wildman–Crippen MR) is 70.5 cm³/mol. The molecule has 2 N–H and O–H groups in total. The van der Waals surface area contributed by atoms with Crippen molar-refractivity contribution in [1.29, 1.82) is 0 Å². The number of nitrogens with one attached hydrogen (secondary N) is 1. The quantitative estimate of drug-likeness (QED) is 0.818. The monoisotopic (exact) mass is 265 g/mol. The average Bonchev–Trinajstić information content (AvgIpc) is 2.24. The molecule has 106 valence electrons. The summed E-state index contributed by atoms with van der Waals surface area (Å²) in [5, 5.41) is 11.9. The summed E-state index contributed by atoms with van der Waals surface area (Å²) in [6.07, 6.45) is 8.25. The number of amides is 1. The van der Waals surface area contributed by atoms with Crippen molar-refractivity contribution in [2.45, 2.75) is 57.9 Å². The number of hydrogen-bond donors (Lipinski definition) is 2. The summed E-state index contributed by atoms with van der Waals surface area (Å²) < 4.78 is 0. The highest BCUT2D eigenvalue weighted by Crippen LogP contribution is 2.61. The third-order valence-electron chi connectivity index (χ3n) is 5.48. The number of hydrogen-bond acceptors (Lipinski definition) is 2. The molecule has 1 unspecified atom stereocenters. The van der Waals surface area contributed by atoms with Gasteiger partial charge in [-0.1, -0.05) is 0 Å². The number of carbonyl (C=O) groups excluding carboxylic acids is 1. The summed E-state index contributed by atoms with van der Waals surface area (Å²) in [6, 6.07) is -0.700. The largest absolute Gasteiger partial charge is 0.480 e. The molecule has 4 fully saturated rings. The molecule has 0 aromatic rings. The number of carbonyl (C=O) groups is 2. The average molecular weight is 265 g/mol. The Balaban J connectivity index is 1.74. The van der Waals surface area contributed by atoms with Crippen LogP contribution in [0.5, 0.6) is 0 Å². The van der Waals surface area contributed by atoms with E-state index in [0.717, 1.165) is 17.8 Å². The van der Waals surface area contributed by atoms with E-state index in [2.05, 4.69) is 5.32 Å². The van der Waals surface area contributed by atoms with Crippen molar-refractivity contribution in [3.8, 4) is 0 Å². The highest BCUT2D eigenvalue weighted by Gasteiger charge is 2.51. The first-order valence-electron chi connectivity index (χ1n) is 7.46. The maximum Gasteiger partial charge on any atom is 0.326 e. The molecular formula is C15H23NO3. The molecule has 4 heteroatoms. The maximum absolute atomic E-state index is 11.3. The van der Waals surface area contributed by atoms with Crippen LogP contribution in [0.2, 0.25) is 0 Å². The van der Waals surface area contributed by atoms with Crippen LogP contribution in [-0.2, 0) is 9.59 Å². The van der Waals surface area contributed by atoms with Gasteiger partial charge in [-0.25, -0.2) is 4.79 Å². The highest BCUT2D eigenvalue weighted by atomic mass is 16.4. The van der Waals surface area contributed by atoms with Crippen LogP contribution in [0.4, 0.5) is 0 Å². The van der Waals surface area contributed by atoms with Crippen molar-refractivity contribution in [2.24, 2.45) is 23.2 Å². The van der Waals surface area contributed by atoms with Gasteiger partial charge in [-0.2, -0.15) is 0 Å². The van der Waals surface area contributed by atoms with Crippen molar-refractivity contribution in [2.75, 3.05) is 0 Å². The van der Waals surface area contributed by atoms with E-state index >= 15 is 0 Å². The third kappa shape index (κ3) is 2.49. The summed E-state index contributed by atoms with van der Waals surface area (Å²) in [5.41, 5.74) is 0.195. The Morgan fingerprint density at radius 1 is 1.16 bits per heavy atom. The zero-order valence-electron chi connectivity index (χ0n) is 11.5. The maximum atomic E-state index is 11.3. The number of carboxylic acids is 1. The molecule has 0 aromatic carbocycles. The SMILES string of the molecule is CC(=O)NC(CC12CC3CC(CC(C3)C1)C2)C(=O)O. The van der Waals surface area contributed by atoms with E-state index in [9.17, 15) is 14.7 Å². The second kappa shape index (κ2) is 4.50. The van der Waals surface area contributed by atoms with Gasteiger partial charge in [0.15, 0.2) is 0 Å². The molecule has 4 bridgehead atoms. The lowest BCUT2D eigenvalue weighted by Gasteiger charge is -2.57. The fourth-order valence-corrected chi connectivity index (χ4v) is 5.42. The molecule has 0 radical (unpaired) electrons. The summed E-state index contributed by atoms with van der Waals surface area (Å²) in [5.74, 6) is 1.33. The van der Waals surface area contributed by atoms with Crippen LogP contribution >= 0.6 is 0 Å². The van der Waals surface area contributed by atoms with E-state index in [4.69, 9.17) is 0 Å². The Morgan fingerprint density at radius 2 is 1.63 bits per heavy atom. The van der Waals surface area contributed by atoms with Crippen LogP contribution in [0.15, 0.2) is 0 Å². The van der Waals surface area contributed by atoms with Gasteiger partial charge in [-0.05, 0) is 68.1 Å². The molecule has 0 saturated heterocycles. The van der Waals surface area contributed by atoms with Gasteiger partial charge in [0.2, 0.25) is 5.91 Å². The molecule has 4 aliphatic carbocycles. The second-order valence-electron chi connectivity index (χ2n) is 7.21. The predicted octanol–water partition coefficient (Wildman–Crippen LogP) is 2.18. The van der Waals surface area contributed by atoms with Gasteiger partial charge in [0.05, 0.1) is 0 Å². The Kier molecular flexibility index (Phi) is 3.06. The van der Waals surface area contributed by atoms with E-state index in [1.807, 2.05) is 0 Å². The first-order valence-corrected chi connectivity index (χ1v) is 7.46. The zero-order valence-corrected chi connectivity index (χ0v) is 11.5. The van der Waals surface area contributed by atoms with E-state index in [1.165, 1.54) is 45.4 Å². The van der Waals surface area contributed by atoms with Gasteiger partial charge in [0.25, 0.3) is 0 Å². The fourth-order valence-electron chi connectivity index (χ4n) is 5.42. The van der Waals surface area contributed by atoms with Crippen molar-refractivity contribution >= 4 is 11.9 Å². The van der Waals surface area contributed by atoms with E-state index < -0.39 is 12.0 Å². The molecule has 4 aliphatic rings. The fraction of sp³-hybridized carbons (Fsp3) is 0.867. The molecule has 0 aromatic heterocycles. The molecule has 4 rings (SSSR count). The van der Waals surface area contributed by atoms with E-state index in [0.29, 0.717) is 6.42 Å². The lowest BCUT2D eigenvalue weighted by Crippen LogP contribution is -2.51. The van der Waals surface area contributed by atoms with Gasteiger partial charge in [0.1, 0.15) is 6.04 Å². The minimum absolute atomic E-state index is 0.195. The van der Waals surface area contributed by atoms with Gasteiger partial charge in [-0.3, -0.25) is 4.79 Å². The third-order valence-corrected chi connectivity index (χ3v) is 5.48. The van der Waals surface area contributed by atoms with Crippen molar-refractivity contribution in [3.63, 3.8) is 0 Å². The Morgan fingerprint density at radius 3 is 2.00 bits per heavy atom. The molecule has 0 heterocycles. The molecule has 1 amide bonds. The van der Waals surface area contributed by atoms with Crippen LogP contribution in [-0.4, -0.2) is 23.0 Å². The van der Waals surface area contributed by atoms with Crippen LogP contribution < -0.4 is 5.32 Å². The summed E-state index contributed by atoms with van der Waals surface area (Å²) in [6.45, 7) is 1.40. The summed E-state index contributed by atoms with van der Waals surface area (Å²) in [7, 11) is 0. The highest BCUT2D eigenvalue weighted by molar-refractivity contribution is 5.82. The second-order valence-corrected chi connectivity index (χ2v) is 7.21.